The summed E-state index contributed by atoms with van der Waals surface area (Å²) in [5.74, 6) is 2.25. The van der Waals surface area contributed by atoms with Crippen molar-refractivity contribution in [3.8, 4) is 11.5 Å². The van der Waals surface area contributed by atoms with Gasteiger partial charge in [0.2, 0.25) is 0 Å². The maximum absolute atomic E-state index is 5.83. The minimum Gasteiger partial charge on any atom is -0.491 e. The average molecular weight is 433 g/mol. The Hall–Kier alpha value is -2.78. The zero-order valence-corrected chi connectivity index (χ0v) is 20.2. The molecule has 0 heterocycles. The Balaban J connectivity index is 1.62. The molecular formula is C29H38NO2+. The molecule has 3 aromatic rings. The maximum atomic E-state index is 5.83. The third-order valence-corrected chi connectivity index (χ3v) is 5.47. The second-order valence-corrected chi connectivity index (χ2v) is 9.08. The van der Waals surface area contributed by atoms with E-state index in [1.54, 1.807) is 0 Å². The number of nitrogens with two attached hydrogens (primary N) is 1. The number of hydrogen-bond donors (Lipinski definition) is 1. The summed E-state index contributed by atoms with van der Waals surface area (Å²) in [6, 6.07) is 26.1. The van der Waals surface area contributed by atoms with Gasteiger partial charge in [0.25, 0.3) is 0 Å². The van der Waals surface area contributed by atoms with Crippen molar-refractivity contribution in [2.24, 2.45) is 0 Å². The first-order valence-corrected chi connectivity index (χ1v) is 11.8. The molecule has 0 saturated heterocycles. The van der Waals surface area contributed by atoms with Crippen LogP contribution in [-0.2, 0) is 6.54 Å². The fraction of sp³-hybridized carbons (Fsp3) is 0.379. The van der Waals surface area contributed by atoms with Crippen LogP contribution in [0.25, 0.3) is 0 Å². The molecule has 2 N–H and O–H groups in total. The Morgan fingerprint density at radius 1 is 0.656 bits per heavy atom. The summed E-state index contributed by atoms with van der Waals surface area (Å²) in [6.45, 7) is 12.4. The first-order chi connectivity index (χ1) is 15.4. The van der Waals surface area contributed by atoms with Gasteiger partial charge in [0.1, 0.15) is 18.0 Å². The molecule has 0 spiro atoms. The number of ether oxygens (including phenoxy) is 2. The summed E-state index contributed by atoms with van der Waals surface area (Å²) in [4.78, 5) is 0. The summed E-state index contributed by atoms with van der Waals surface area (Å²) in [5.41, 5.74) is 5.33. The van der Waals surface area contributed by atoms with E-state index in [1.165, 1.54) is 22.3 Å². The maximum Gasteiger partial charge on any atom is 0.119 e. The molecule has 0 saturated carbocycles. The summed E-state index contributed by atoms with van der Waals surface area (Å²) in [6.07, 6.45) is 1.48. The standard InChI is InChI=1S/C29H37NO2/c1-21(2)31-27-14-8-24(9-15-27)20-30-19-18-29(25-10-6-23(5)7-11-25)26-12-16-28(17-13-26)32-22(3)4/h6-17,21-22,29-30H,18-20H2,1-5H3/p+1/t29-/m0/s1. The van der Waals surface area contributed by atoms with Gasteiger partial charge in [-0.05, 0) is 82.1 Å². The summed E-state index contributed by atoms with van der Waals surface area (Å²) in [5, 5.41) is 2.40. The zero-order valence-electron chi connectivity index (χ0n) is 20.2. The normalized spacial score (nSPS) is 12.2. The van der Waals surface area contributed by atoms with E-state index in [9.17, 15) is 0 Å². The highest BCUT2D eigenvalue weighted by Gasteiger charge is 2.15. The van der Waals surface area contributed by atoms with Crippen molar-refractivity contribution in [2.75, 3.05) is 6.54 Å². The minimum atomic E-state index is 0.189. The van der Waals surface area contributed by atoms with E-state index in [1.807, 2.05) is 0 Å². The van der Waals surface area contributed by atoms with E-state index in [0.29, 0.717) is 5.92 Å². The van der Waals surface area contributed by atoms with Crippen LogP contribution in [0.3, 0.4) is 0 Å². The average Bonchev–Trinajstić information content (AvgIpc) is 2.76. The Morgan fingerprint density at radius 2 is 1.12 bits per heavy atom. The zero-order chi connectivity index (χ0) is 22.9. The molecule has 0 bridgehead atoms. The molecule has 32 heavy (non-hydrogen) atoms. The number of rotatable bonds is 11. The van der Waals surface area contributed by atoms with Crippen LogP contribution in [0.15, 0.2) is 72.8 Å². The monoisotopic (exact) mass is 432 g/mol. The molecule has 3 aromatic carbocycles. The predicted octanol–water partition coefficient (Wildman–Crippen LogP) is 5.86. The lowest BCUT2D eigenvalue weighted by Gasteiger charge is -2.19. The number of benzene rings is 3. The van der Waals surface area contributed by atoms with Crippen LogP contribution < -0.4 is 14.8 Å². The molecule has 0 radical (unpaired) electrons. The fourth-order valence-electron chi connectivity index (χ4n) is 3.90. The Kier molecular flexibility index (Phi) is 8.75. The highest BCUT2D eigenvalue weighted by molar-refractivity contribution is 5.37. The van der Waals surface area contributed by atoms with Crippen molar-refractivity contribution in [2.45, 2.75) is 65.7 Å². The summed E-state index contributed by atoms with van der Waals surface area (Å²) >= 11 is 0. The van der Waals surface area contributed by atoms with E-state index >= 15 is 0 Å². The van der Waals surface area contributed by atoms with Gasteiger partial charge in [-0.15, -0.1) is 0 Å². The molecule has 170 valence electrons. The molecule has 0 aliphatic rings. The van der Waals surface area contributed by atoms with Crippen molar-refractivity contribution in [3.05, 3.63) is 95.1 Å². The molecule has 3 rings (SSSR count). The van der Waals surface area contributed by atoms with Gasteiger partial charge in [0, 0.05) is 17.9 Å². The van der Waals surface area contributed by atoms with Gasteiger partial charge < -0.3 is 14.8 Å². The predicted molar refractivity (Wildman–Crippen MR) is 133 cm³/mol. The largest absolute Gasteiger partial charge is 0.491 e. The van der Waals surface area contributed by atoms with Crippen LogP contribution in [0.2, 0.25) is 0 Å². The van der Waals surface area contributed by atoms with Crippen LogP contribution in [0, 0.1) is 6.92 Å². The Labute approximate surface area is 193 Å². The minimum absolute atomic E-state index is 0.189. The van der Waals surface area contributed by atoms with E-state index in [0.717, 1.165) is 31.0 Å². The number of hydrogen-bond acceptors (Lipinski definition) is 2. The second-order valence-electron chi connectivity index (χ2n) is 9.08. The third kappa shape index (κ3) is 7.42. The van der Waals surface area contributed by atoms with Crippen LogP contribution in [-0.4, -0.2) is 18.8 Å². The number of aryl methyl sites for hydroxylation is 1. The molecule has 0 unspecified atom stereocenters. The quantitative estimate of drug-likeness (QED) is 0.386. The van der Waals surface area contributed by atoms with Crippen molar-refractivity contribution in [1.29, 1.82) is 0 Å². The molecule has 3 nitrogen and oxygen atoms in total. The number of quaternary nitrogens is 1. The van der Waals surface area contributed by atoms with Crippen LogP contribution in [0.1, 0.15) is 62.3 Å². The van der Waals surface area contributed by atoms with Gasteiger partial charge in [-0.25, -0.2) is 0 Å². The van der Waals surface area contributed by atoms with Gasteiger partial charge >= 0.3 is 0 Å². The molecule has 3 heteroatoms. The van der Waals surface area contributed by atoms with E-state index in [4.69, 9.17) is 9.47 Å². The van der Waals surface area contributed by atoms with E-state index < -0.39 is 0 Å². The van der Waals surface area contributed by atoms with Crippen LogP contribution in [0.4, 0.5) is 0 Å². The fourth-order valence-corrected chi connectivity index (χ4v) is 3.90. The summed E-state index contributed by atoms with van der Waals surface area (Å²) < 4.78 is 11.6. The SMILES string of the molecule is Cc1ccc([C@H](CC[NH2+]Cc2ccc(OC(C)C)cc2)c2ccc(OC(C)C)cc2)cc1. The molecule has 0 amide bonds. The van der Waals surface area contributed by atoms with E-state index in [-0.39, 0.29) is 12.2 Å². The van der Waals surface area contributed by atoms with Gasteiger partial charge in [-0.1, -0.05) is 42.0 Å². The van der Waals surface area contributed by atoms with Gasteiger partial charge in [-0.3, -0.25) is 0 Å². The van der Waals surface area contributed by atoms with E-state index in [2.05, 4.69) is 113 Å². The lowest BCUT2D eigenvalue weighted by Crippen LogP contribution is -2.82. The van der Waals surface area contributed by atoms with Crippen LogP contribution >= 0.6 is 0 Å². The Bertz CT molecular complexity index is 928. The lowest BCUT2D eigenvalue weighted by molar-refractivity contribution is -0.671. The van der Waals surface area contributed by atoms with Crippen molar-refractivity contribution in [1.82, 2.24) is 0 Å². The highest BCUT2D eigenvalue weighted by atomic mass is 16.5. The third-order valence-electron chi connectivity index (χ3n) is 5.47. The van der Waals surface area contributed by atoms with Crippen molar-refractivity contribution < 1.29 is 14.8 Å². The summed E-state index contributed by atoms with van der Waals surface area (Å²) in [7, 11) is 0. The van der Waals surface area contributed by atoms with Gasteiger partial charge in [0.05, 0.1) is 18.8 Å². The molecular weight excluding hydrogens is 394 g/mol. The smallest absolute Gasteiger partial charge is 0.119 e. The van der Waals surface area contributed by atoms with Gasteiger partial charge in [-0.2, -0.15) is 0 Å². The molecule has 0 aromatic heterocycles. The lowest BCUT2D eigenvalue weighted by atomic mass is 9.88. The first kappa shape index (κ1) is 23.9. The molecule has 0 aliphatic heterocycles. The van der Waals surface area contributed by atoms with Crippen molar-refractivity contribution in [3.63, 3.8) is 0 Å². The highest BCUT2D eigenvalue weighted by Crippen LogP contribution is 2.29. The molecule has 1 atom stereocenters. The van der Waals surface area contributed by atoms with Crippen LogP contribution in [0.5, 0.6) is 11.5 Å². The molecule has 0 fully saturated rings. The second kappa shape index (κ2) is 11.7. The first-order valence-electron chi connectivity index (χ1n) is 11.8. The Morgan fingerprint density at radius 3 is 1.62 bits per heavy atom. The van der Waals surface area contributed by atoms with Crippen molar-refractivity contribution >= 4 is 0 Å². The topological polar surface area (TPSA) is 35.1 Å². The molecule has 0 aliphatic carbocycles. The van der Waals surface area contributed by atoms with Gasteiger partial charge in [0.15, 0.2) is 0 Å².